The number of piperazine rings is 1. The number of nitrogens with zero attached hydrogens (tertiary/aromatic N) is 5. The standard InChI is InChI=1S/C25H27N5O4/c1-17-26-29(25(32)22-15-20-21(30(17)22)5-4-6-23(20)34-3)16-24(31)28-13-11-27(12-14-28)18-7-9-19(33-2)10-8-18/h4-10,15H,11-14,16H2,1-3H3. The second kappa shape index (κ2) is 8.74. The van der Waals surface area contributed by atoms with Crippen LogP contribution in [-0.4, -0.2) is 65.4 Å². The Hall–Kier alpha value is -4.01. The summed E-state index contributed by atoms with van der Waals surface area (Å²) in [7, 11) is 3.25. The average molecular weight is 462 g/mol. The summed E-state index contributed by atoms with van der Waals surface area (Å²) in [5, 5.41) is 5.29. The Labute approximate surface area is 196 Å². The molecule has 0 atom stereocenters. The summed E-state index contributed by atoms with van der Waals surface area (Å²) >= 11 is 0. The molecule has 0 saturated carbocycles. The maximum Gasteiger partial charge on any atom is 0.291 e. The molecule has 0 radical (unpaired) electrons. The number of ether oxygens (including phenoxy) is 2. The van der Waals surface area contributed by atoms with Crippen molar-refractivity contribution in [3.05, 3.63) is 64.7 Å². The van der Waals surface area contributed by atoms with Gasteiger partial charge in [-0.25, -0.2) is 4.68 Å². The van der Waals surface area contributed by atoms with Gasteiger partial charge < -0.3 is 19.3 Å². The van der Waals surface area contributed by atoms with Crippen molar-refractivity contribution >= 4 is 28.0 Å². The molecule has 1 amide bonds. The maximum absolute atomic E-state index is 13.2. The van der Waals surface area contributed by atoms with Crippen molar-refractivity contribution in [2.24, 2.45) is 0 Å². The van der Waals surface area contributed by atoms with E-state index in [9.17, 15) is 9.59 Å². The van der Waals surface area contributed by atoms with Crippen LogP contribution in [0.2, 0.25) is 0 Å². The molecule has 0 unspecified atom stereocenters. The zero-order valence-corrected chi connectivity index (χ0v) is 19.5. The highest BCUT2D eigenvalue weighted by Crippen LogP contribution is 2.28. The molecule has 0 spiro atoms. The van der Waals surface area contributed by atoms with E-state index in [1.54, 1.807) is 25.2 Å². The number of methoxy groups -OCH3 is 2. The third kappa shape index (κ3) is 3.72. The largest absolute Gasteiger partial charge is 0.497 e. The van der Waals surface area contributed by atoms with E-state index in [1.807, 2.05) is 53.8 Å². The molecule has 0 bridgehead atoms. The number of anilines is 1. The minimum Gasteiger partial charge on any atom is -0.497 e. The first-order valence-corrected chi connectivity index (χ1v) is 11.2. The van der Waals surface area contributed by atoms with Gasteiger partial charge in [0, 0.05) is 37.3 Å². The quantitative estimate of drug-likeness (QED) is 0.454. The number of rotatable bonds is 5. The predicted octanol–water partition coefficient (Wildman–Crippen LogP) is 2.32. The summed E-state index contributed by atoms with van der Waals surface area (Å²) in [6, 6.07) is 15.4. The van der Waals surface area contributed by atoms with Crippen LogP contribution in [0.25, 0.3) is 16.4 Å². The lowest BCUT2D eigenvalue weighted by molar-refractivity contribution is -0.132. The van der Waals surface area contributed by atoms with Crippen molar-refractivity contribution in [3.63, 3.8) is 0 Å². The van der Waals surface area contributed by atoms with Crippen LogP contribution in [0.4, 0.5) is 5.69 Å². The van der Waals surface area contributed by atoms with E-state index in [0.717, 1.165) is 35.4 Å². The highest BCUT2D eigenvalue weighted by Gasteiger charge is 2.23. The van der Waals surface area contributed by atoms with E-state index < -0.39 is 0 Å². The highest BCUT2D eigenvalue weighted by molar-refractivity contribution is 5.92. The van der Waals surface area contributed by atoms with Crippen LogP contribution in [0.5, 0.6) is 11.5 Å². The molecule has 176 valence electrons. The lowest BCUT2D eigenvalue weighted by atomic mass is 10.2. The first-order chi connectivity index (χ1) is 16.5. The van der Waals surface area contributed by atoms with Gasteiger partial charge in [0.05, 0.1) is 19.7 Å². The van der Waals surface area contributed by atoms with E-state index in [2.05, 4.69) is 10.00 Å². The number of aryl methyl sites for hydroxylation is 1. The fourth-order valence-electron chi connectivity index (χ4n) is 4.63. The average Bonchev–Trinajstić information content (AvgIpc) is 3.28. The van der Waals surface area contributed by atoms with E-state index in [-0.39, 0.29) is 18.0 Å². The van der Waals surface area contributed by atoms with Gasteiger partial charge in [0.1, 0.15) is 29.4 Å². The van der Waals surface area contributed by atoms with Crippen LogP contribution in [0.3, 0.4) is 0 Å². The van der Waals surface area contributed by atoms with E-state index in [1.165, 1.54) is 4.68 Å². The third-order valence-corrected chi connectivity index (χ3v) is 6.42. The number of carbonyl (C=O) groups is 1. The summed E-state index contributed by atoms with van der Waals surface area (Å²) in [6.45, 7) is 4.38. The molecule has 4 aromatic rings. The van der Waals surface area contributed by atoms with Crippen LogP contribution >= 0.6 is 0 Å². The number of carbonyl (C=O) groups excluding carboxylic acids is 1. The molecule has 2 aromatic heterocycles. The second-order valence-electron chi connectivity index (χ2n) is 8.33. The van der Waals surface area contributed by atoms with Crippen molar-refractivity contribution in [1.29, 1.82) is 0 Å². The molecule has 1 aliphatic heterocycles. The van der Waals surface area contributed by atoms with Crippen molar-refractivity contribution < 1.29 is 14.3 Å². The predicted molar refractivity (Wildman–Crippen MR) is 130 cm³/mol. The summed E-state index contributed by atoms with van der Waals surface area (Å²) in [5.41, 5.74) is 2.13. The van der Waals surface area contributed by atoms with Crippen LogP contribution in [0.15, 0.2) is 53.3 Å². The van der Waals surface area contributed by atoms with Gasteiger partial charge in [-0.3, -0.25) is 14.0 Å². The molecule has 9 heteroatoms. The minimum atomic E-state index is -0.297. The van der Waals surface area contributed by atoms with Crippen LogP contribution in [-0.2, 0) is 11.3 Å². The summed E-state index contributed by atoms with van der Waals surface area (Å²) in [5.74, 6) is 2.03. The molecule has 0 aliphatic carbocycles. The van der Waals surface area contributed by atoms with Crippen molar-refractivity contribution in [1.82, 2.24) is 19.1 Å². The number of hydrogen-bond acceptors (Lipinski definition) is 6. The molecule has 2 aromatic carbocycles. The van der Waals surface area contributed by atoms with Gasteiger partial charge >= 0.3 is 0 Å². The van der Waals surface area contributed by atoms with Gasteiger partial charge in [-0.2, -0.15) is 5.10 Å². The summed E-state index contributed by atoms with van der Waals surface area (Å²) in [4.78, 5) is 30.3. The Morgan fingerprint density at radius 3 is 2.38 bits per heavy atom. The first kappa shape index (κ1) is 21.8. The van der Waals surface area contributed by atoms with Crippen LogP contribution in [0, 0.1) is 6.92 Å². The second-order valence-corrected chi connectivity index (χ2v) is 8.33. The van der Waals surface area contributed by atoms with Gasteiger partial charge in [0.2, 0.25) is 5.91 Å². The molecule has 34 heavy (non-hydrogen) atoms. The van der Waals surface area contributed by atoms with Crippen molar-refractivity contribution in [3.8, 4) is 11.5 Å². The number of fused-ring (bicyclic) bond motifs is 3. The van der Waals surface area contributed by atoms with Gasteiger partial charge in [0.15, 0.2) is 0 Å². The van der Waals surface area contributed by atoms with Gasteiger partial charge in [-0.15, -0.1) is 0 Å². The lowest BCUT2D eigenvalue weighted by Gasteiger charge is -2.36. The van der Waals surface area contributed by atoms with Crippen molar-refractivity contribution in [2.75, 3.05) is 45.3 Å². The maximum atomic E-state index is 13.2. The molecular weight excluding hydrogens is 434 g/mol. The number of benzene rings is 2. The van der Waals surface area contributed by atoms with E-state index >= 15 is 0 Å². The fraction of sp³-hybridized carbons (Fsp3) is 0.320. The lowest BCUT2D eigenvalue weighted by Crippen LogP contribution is -2.50. The van der Waals surface area contributed by atoms with E-state index in [0.29, 0.717) is 30.2 Å². The molecule has 9 nitrogen and oxygen atoms in total. The zero-order chi connectivity index (χ0) is 23.8. The Balaban J connectivity index is 1.34. The van der Waals surface area contributed by atoms with Crippen molar-refractivity contribution in [2.45, 2.75) is 13.5 Å². The first-order valence-electron chi connectivity index (χ1n) is 11.2. The topological polar surface area (TPSA) is 81.3 Å². The number of amides is 1. The molecule has 1 aliphatic rings. The molecular formula is C25H27N5O4. The Morgan fingerprint density at radius 1 is 0.971 bits per heavy atom. The molecule has 5 rings (SSSR count). The number of aromatic nitrogens is 3. The smallest absolute Gasteiger partial charge is 0.291 e. The normalized spacial score (nSPS) is 14.1. The van der Waals surface area contributed by atoms with Gasteiger partial charge in [-0.05, 0) is 49.4 Å². The Morgan fingerprint density at radius 2 is 1.71 bits per heavy atom. The highest BCUT2D eigenvalue weighted by atomic mass is 16.5. The minimum absolute atomic E-state index is 0.0859. The summed E-state index contributed by atoms with van der Waals surface area (Å²) < 4.78 is 13.8. The van der Waals surface area contributed by atoms with Crippen LogP contribution in [0.1, 0.15) is 5.82 Å². The van der Waals surface area contributed by atoms with E-state index in [4.69, 9.17) is 9.47 Å². The van der Waals surface area contributed by atoms with Gasteiger partial charge in [-0.1, -0.05) is 6.07 Å². The Kier molecular flexibility index (Phi) is 5.61. The third-order valence-electron chi connectivity index (χ3n) is 6.42. The van der Waals surface area contributed by atoms with Gasteiger partial charge in [0.25, 0.3) is 5.56 Å². The zero-order valence-electron chi connectivity index (χ0n) is 19.5. The monoisotopic (exact) mass is 461 g/mol. The molecule has 0 N–H and O–H groups in total. The van der Waals surface area contributed by atoms with Crippen LogP contribution < -0.4 is 19.9 Å². The summed E-state index contributed by atoms with van der Waals surface area (Å²) in [6.07, 6.45) is 0. The fourth-order valence-corrected chi connectivity index (χ4v) is 4.63. The Bertz CT molecular complexity index is 1420. The molecule has 1 fully saturated rings. The number of hydrogen-bond donors (Lipinski definition) is 0. The SMILES string of the molecule is COc1ccc(N2CCN(C(=O)Cn3nc(C)n4c(cc5c(OC)cccc54)c3=O)CC2)cc1. The molecule has 1 saturated heterocycles. The molecule has 3 heterocycles.